The van der Waals surface area contributed by atoms with Gasteiger partial charge in [-0.1, -0.05) is 12.8 Å². The lowest BCUT2D eigenvalue weighted by Crippen LogP contribution is -2.43. The minimum absolute atomic E-state index is 0.197. The van der Waals surface area contributed by atoms with Crippen molar-refractivity contribution < 1.29 is 47.4 Å². The van der Waals surface area contributed by atoms with Crippen molar-refractivity contribution in [1.29, 1.82) is 0 Å². The van der Waals surface area contributed by atoms with Crippen LogP contribution in [0.2, 0.25) is 0 Å². The zero-order chi connectivity index (χ0) is 25.6. The molecule has 3 saturated heterocycles. The van der Waals surface area contributed by atoms with Crippen LogP contribution in [-0.4, -0.2) is 102 Å². The maximum absolute atomic E-state index is 6.64. The Morgan fingerprint density at radius 2 is 1.32 bits per heavy atom. The fraction of sp³-hybridized carbons (Fsp3) is 1.00. The van der Waals surface area contributed by atoms with Crippen molar-refractivity contribution in [2.75, 3.05) is 53.4 Å². The summed E-state index contributed by atoms with van der Waals surface area (Å²) in [5.41, 5.74) is 0. The summed E-state index contributed by atoms with van der Waals surface area (Å²) in [6.45, 7) is 5.44. The van der Waals surface area contributed by atoms with Gasteiger partial charge in [0.15, 0.2) is 24.2 Å². The van der Waals surface area contributed by atoms with Crippen LogP contribution in [0.15, 0.2) is 0 Å². The van der Waals surface area contributed by atoms with E-state index < -0.39 is 24.2 Å². The molecule has 0 aromatic carbocycles. The molecule has 3 heterocycles. The molecule has 0 radical (unpaired) electrons. The zero-order valence-electron chi connectivity index (χ0n) is 22.6. The SMILES string of the molecule is COCCOCCOCCOC(C)OC1O[C@H](C2COC3(CCCCC3)O2)[C@@H]2OC3(CCCCC3)O[C@H]12. The molecular formula is C27H46O10. The number of methoxy groups -OCH3 is 1. The first-order chi connectivity index (χ1) is 18.1. The largest absolute Gasteiger partial charge is 0.382 e. The smallest absolute Gasteiger partial charge is 0.190 e. The van der Waals surface area contributed by atoms with E-state index >= 15 is 0 Å². The lowest BCUT2D eigenvalue weighted by molar-refractivity contribution is -0.296. The van der Waals surface area contributed by atoms with Crippen LogP contribution in [0, 0.1) is 0 Å². The molecule has 10 nitrogen and oxygen atoms in total. The first-order valence-corrected chi connectivity index (χ1v) is 14.4. The Kier molecular flexibility index (Phi) is 10.1. The van der Waals surface area contributed by atoms with Crippen LogP contribution >= 0.6 is 0 Å². The molecule has 2 saturated carbocycles. The highest BCUT2D eigenvalue weighted by Crippen LogP contribution is 2.49. The van der Waals surface area contributed by atoms with E-state index in [9.17, 15) is 0 Å². The third kappa shape index (κ3) is 7.03. The molecule has 214 valence electrons. The molecule has 2 spiro atoms. The van der Waals surface area contributed by atoms with E-state index in [1.165, 1.54) is 12.8 Å². The second-order valence-corrected chi connectivity index (χ2v) is 10.8. The number of hydrogen-bond acceptors (Lipinski definition) is 10. The third-order valence-electron chi connectivity index (χ3n) is 8.09. The average Bonchev–Trinajstić information content (AvgIpc) is 3.57. The topological polar surface area (TPSA) is 92.3 Å². The summed E-state index contributed by atoms with van der Waals surface area (Å²) >= 11 is 0. The number of hydrogen-bond donors (Lipinski definition) is 0. The van der Waals surface area contributed by atoms with E-state index in [-0.39, 0.29) is 24.4 Å². The van der Waals surface area contributed by atoms with Crippen LogP contribution < -0.4 is 0 Å². The van der Waals surface area contributed by atoms with Gasteiger partial charge in [0.25, 0.3) is 0 Å². The van der Waals surface area contributed by atoms with Gasteiger partial charge in [-0.3, -0.25) is 0 Å². The van der Waals surface area contributed by atoms with E-state index in [0.29, 0.717) is 46.2 Å². The molecule has 2 aliphatic carbocycles. The molecule has 0 amide bonds. The van der Waals surface area contributed by atoms with E-state index in [1.807, 2.05) is 6.92 Å². The predicted octanol–water partition coefficient (Wildman–Crippen LogP) is 3.29. The molecule has 3 unspecified atom stereocenters. The monoisotopic (exact) mass is 530 g/mol. The summed E-state index contributed by atoms with van der Waals surface area (Å²) in [7, 11) is 1.65. The van der Waals surface area contributed by atoms with Gasteiger partial charge in [0.1, 0.15) is 24.4 Å². The van der Waals surface area contributed by atoms with Crippen molar-refractivity contribution in [3.05, 3.63) is 0 Å². The van der Waals surface area contributed by atoms with E-state index in [0.717, 1.165) is 51.4 Å². The van der Waals surface area contributed by atoms with E-state index in [1.54, 1.807) is 7.11 Å². The number of ether oxygens (including phenoxy) is 10. The van der Waals surface area contributed by atoms with Crippen LogP contribution in [0.5, 0.6) is 0 Å². The highest BCUT2D eigenvalue weighted by atomic mass is 16.8. The van der Waals surface area contributed by atoms with Crippen LogP contribution in [0.4, 0.5) is 0 Å². The molecule has 0 bridgehead atoms. The Morgan fingerprint density at radius 1 is 0.703 bits per heavy atom. The Morgan fingerprint density at radius 3 is 2.03 bits per heavy atom. The summed E-state index contributed by atoms with van der Waals surface area (Å²) in [6.07, 6.45) is 8.52. The molecule has 0 N–H and O–H groups in total. The molecule has 5 rings (SSSR count). The molecule has 0 aromatic heterocycles. The van der Waals surface area contributed by atoms with Crippen molar-refractivity contribution in [1.82, 2.24) is 0 Å². The van der Waals surface area contributed by atoms with Crippen LogP contribution in [0.25, 0.3) is 0 Å². The summed E-state index contributed by atoms with van der Waals surface area (Å²) in [5, 5.41) is 0. The molecule has 0 aromatic rings. The fourth-order valence-electron chi connectivity index (χ4n) is 6.22. The molecule has 5 aliphatic rings. The summed E-state index contributed by atoms with van der Waals surface area (Å²) in [5.74, 6) is -1.00. The normalized spacial score (nSPS) is 35.4. The minimum Gasteiger partial charge on any atom is -0.382 e. The van der Waals surface area contributed by atoms with Crippen molar-refractivity contribution in [3.8, 4) is 0 Å². The highest BCUT2D eigenvalue weighted by molar-refractivity contribution is 5.02. The maximum Gasteiger partial charge on any atom is 0.190 e. The minimum atomic E-state index is -0.590. The summed E-state index contributed by atoms with van der Waals surface area (Å²) in [4.78, 5) is 0. The lowest BCUT2D eigenvalue weighted by atomic mass is 9.94. The molecular weight excluding hydrogens is 484 g/mol. The Balaban J connectivity index is 1.12. The number of fused-ring (bicyclic) bond motifs is 1. The molecule has 3 aliphatic heterocycles. The van der Waals surface area contributed by atoms with Gasteiger partial charge in [-0.05, 0) is 32.6 Å². The van der Waals surface area contributed by atoms with E-state index in [4.69, 9.17) is 47.4 Å². The average molecular weight is 531 g/mol. The molecule has 37 heavy (non-hydrogen) atoms. The van der Waals surface area contributed by atoms with E-state index in [2.05, 4.69) is 0 Å². The van der Waals surface area contributed by atoms with Gasteiger partial charge in [-0.25, -0.2) is 0 Å². The highest BCUT2D eigenvalue weighted by Gasteiger charge is 2.62. The van der Waals surface area contributed by atoms with Crippen molar-refractivity contribution in [2.24, 2.45) is 0 Å². The third-order valence-corrected chi connectivity index (χ3v) is 8.09. The molecule has 5 fully saturated rings. The van der Waals surface area contributed by atoms with Crippen molar-refractivity contribution in [3.63, 3.8) is 0 Å². The first kappa shape index (κ1) is 28.1. The number of rotatable bonds is 13. The predicted molar refractivity (Wildman–Crippen MR) is 131 cm³/mol. The van der Waals surface area contributed by atoms with Crippen LogP contribution in [0.3, 0.4) is 0 Å². The summed E-state index contributed by atoms with van der Waals surface area (Å²) < 4.78 is 60.4. The lowest BCUT2D eigenvalue weighted by Gasteiger charge is -2.35. The molecule has 10 heteroatoms. The Labute approximate surface area is 220 Å². The van der Waals surface area contributed by atoms with Crippen LogP contribution in [0.1, 0.15) is 71.1 Å². The standard InChI is InChI=1S/C27H46O10/c1-20(31-18-17-30-16-15-29-14-13-28-2)33-25-24-23(36-27(37-24)11-7-4-8-12-27)22(34-25)21-19-32-26(35-21)9-5-3-6-10-26/h20-25H,3-19H2,1-2H3/t20?,21?,22-,23+,24+,25?/m1/s1. The van der Waals surface area contributed by atoms with Gasteiger partial charge in [0.2, 0.25) is 0 Å². The van der Waals surface area contributed by atoms with Crippen molar-refractivity contribution in [2.45, 2.75) is 120 Å². The van der Waals surface area contributed by atoms with Gasteiger partial charge in [-0.15, -0.1) is 0 Å². The summed E-state index contributed by atoms with van der Waals surface area (Å²) in [6, 6.07) is 0. The van der Waals surface area contributed by atoms with Gasteiger partial charge >= 0.3 is 0 Å². The van der Waals surface area contributed by atoms with Crippen molar-refractivity contribution >= 4 is 0 Å². The zero-order valence-corrected chi connectivity index (χ0v) is 22.6. The van der Waals surface area contributed by atoms with Gasteiger partial charge in [0.05, 0.1) is 46.2 Å². The fourth-order valence-corrected chi connectivity index (χ4v) is 6.22. The maximum atomic E-state index is 6.64. The quantitative estimate of drug-likeness (QED) is 0.261. The second-order valence-electron chi connectivity index (χ2n) is 10.8. The van der Waals surface area contributed by atoms with Crippen LogP contribution in [-0.2, 0) is 47.4 Å². The Bertz CT molecular complexity index is 680. The van der Waals surface area contributed by atoms with Gasteiger partial charge < -0.3 is 47.4 Å². The first-order valence-electron chi connectivity index (χ1n) is 14.4. The molecule has 6 atom stereocenters. The second kappa shape index (κ2) is 13.3. The Hall–Kier alpha value is -0.400. The van der Waals surface area contributed by atoms with Gasteiger partial charge in [0, 0.05) is 32.8 Å². The van der Waals surface area contributed by atoms with Gasteiger partial charge in [-0.2, -0.15) is 0 Å².